The number of aliphatic carboxylic acids is 1. The molecule has 25 heavy (non-hydrogen) atoms. The van der Waals surface area contributed by atoms with Gasteiger partial charge in [0, 0.05) is 6.54 Å². The third-order valence-electron chi connectivity index (χ3n) is 2.94. The van der Waals surface area contributed by atoms with Gasteiger partial charge in [-0.2, -0.15) is 0 Å². The number of carbonyl (C=O) groups excluding carboxylic acids is 1. The Hall–Kier alpha value is -3.37. The number of hydrogen-bond donors (Lipinski definition) is 4. The fourth-order valence-corrected chi connectivity index (χ4v) is 1.79. The summed E-state index contributed by atoms with van der Waals surface area (Å²) in [5.41, 5.74) is 7.65. The van der Waals surface area contributed by atoms with Crippen LogP contribution in [-0.2, 0) is 16.1 Å². The van der Waals surface area contributed by atoms with Gasteiger partial charge in [0.1, 0.15) is 12.6 Å². The van der Waals surface area contributed by atoms with Crippen LogP contribution < -0.4 is 16.5 Å². The van der Waals surface area contributed by atoms with Crippen molar-refractivity contribution in [2.45, 2.75) is 25.5 Å². The van der Waals surface area contributed by atoms with E-state index in [0.29, 0.717) is 0 Å². The molecule has 0 aromatic heterocycles. The van der Waals surface area contributed by atoms with Gasteiger partial charge in [0.05, 0.1) is 0 Å². The lowest BCUT2D eigenvalue weighted by molar-refractivity contribution is -0.525. The maximum absolute atomic E-state index is 11.7. The second-order valence-corrected chi connectivity index (χ2v) is 4.87. The van der Waals surface area contributed by atoms with Crippen molar-refractivity contribution in [3.05, 3.63) is 46.0 Å². The van der Waals surface area contributed by atoms with Crippen molar-refractivity contribution in [1.29, 1.82) is 0 Å². The quantitative estimate of drug-likeness (QED) is 0.161. The van der Waals surface area contributed by atoms with E-state index in [2.05, 4.69) is 10.3 Å². The molecule has 0 heterocycles. The number of nitrogens with one attached hydrogen (secondary N) is 2. The lowest BCUT2D eigenvalue weighted by Crippen LogP contribution is -2.41. The molecule has 0 saturated carbocycles. The Bertz CT molecular complexity index is 621. The summed E-state index contributed by atoms with van der Waals surface area (Å²) in [7, 11) is 0. The van der Waals surface area contributed by atoms with Gasteiger partial charge in [-0.25, -0.2) is 24.7 Å². The average molecular weight is 353 g/mol. The number of ether oxygens (including phenoxy) is 1. The summed E-state index contributed by atoms with van der Waals surface area (Å²) in [5, 5.41) is 20.6. The van der Waals surface area contributed by atoms with E-state index in [0.717, 1.165) is 5.56 Å². The Morgan fingerprint density at radius 1 is 1.36 bits per heavy atom. The van der Waals surface area contributed by atoms with Crippen molar-refractivity contribution in [3.8, 4) is 0 Å². The molecular weight excluding hydrogens is 334 g/mol. The maximum Gasteiger partial charge on any atom is 0.408 e. The molecule has 0 aliphatic heterocycles. The highest BCUT2D eigenvalue weighted by atomic mass is 16.7. The number of carbonyl (C=O) groups is 2. The lowest BCUT2D eigenvalue weighted by Gasteiger charge is -2.14. The van der Waals surface area contributed by atoms with Crippen molar-refractivity contribution in [3.63, 3.8) is 0 Å². The topological polar surface area (TPSA) is 169 Å². The molecule has 1 aromatic rings. The smallest absolute Gasteiger partial charge is 0.408 e. The summed E-state index contributed by atoms with van der Waals surface area (Å²) in [6.07, 6.45) is -0.546. The predicted molar refractivity (Wildman–Crippen MR) is 87.0 cm³/mol. The number of alkyl carbamates (subject to hydrolysis) is 1. The second kappa shape index (κ2) is 10.4. The molecule has 1 amide bonds. The van der Waals surface area contributed by atoms with E-state index in [1.54, 1.807) is 29.7 Å². The molecule has 0 aliphatic carbocycles. The summed E-state index contributed by atoms with van der Waals surface area (Å²) < 4.78 is 4.95. The van der Waals surface area contributed by atoms with Crippen LogP contribution in [0.5, 0.6) is 0 Å². The van der Waals surface area contributed by atoms with Crippen LogP contribution in [0.1, 0.15) is 18.4 Å². The molecular formula is C14H19N5O6. The zero-order chi connectivity index (χ0) is 18.7. The van der Waals surface area contributed by atoms with Crippen LogP contribution in [0, 0.1) is 10.1 Å². The normalized spacial score (nSPS) is 12.1. The number of nitrogens with two attached hydrogens (primary N) is 1. The van der Waals surface area contributed by atoms with E-state index >= 15 is 0 Å². The monoisotopic (exact) mass is 353 g/mol. The predicted octanol–water partition coefficient (Wildman–Crippen LogP) is 0.242. The number of rotatable bonds is 9. The molecule has 0 radical (unpaired) electrons. The summed E-state index contributed by atoms with van der Waals surface area (Å²) in [4.78, 5) is 36.6. The SMILES string of the molecule is NC(=NCCC[C@H](NC(=O)OCc1ccccc1)C(=O)O)N[N+](=O)[O-]. The largest absolute Gasteiger partial charge is 0.480 e. The Morgan fingerprint density at radius 2 is 2.04 bits per heavy atom. The van der Waals surface area contributed by atoms with Crippen molar-refractivity contribution < 1.29 is 24.5 Å². The molecule has 1 aromatic carbocycles. The number of aliphatic imine (C=N–C) groups is 1. The molecule has 0 saturated heterocycles. The molecule has 1 atom stereocenters. The van der Waals surface area contributed by atoms with Gasteiger partial charge >= 0.3 is 12.1 Å². The molecule has 0 bridgehead atoms. The van der Waals surface area contributed by atoms with Gasteiger partial charge in [-0.15, -0.1) is 0 Å². The third kappa shape index (κ3) is 8.74. The lowest BCUT2D eigenvalue weighted by atomic mass is 10.1. The van der Waals surface area contributed by atoms with Crippen molar-refractivity contribution in [2.75, 3.05) is 6.54 Å². The first-order chi connectivity index (χ1) is 11.9. The Balaban J connectivity index is 2.37. The number of nitro groups is 1. The van der Waals surface area contributed by atoms with Crippen LogP contribution in [0.3, 0.4) is 0 Å². The number of carboxylic acids is 1. The van der Waals surface area contributed by atoms with E-state index in [4.69, 9.17) is 15.6 Å². The van der Waals surface area contributed by atoms with E-state index in [1.165, 1.54) is 0 Å². The van der Waals surface area contributed by atoms with Gasteiger partial charge in [-0.05, 0) is 18.4 Å². The maximum atomic E-state index is 11.7. The van der Waals surface area contributed by atoms with Gasteiger partial charge in [-0.1, -0.05) is 35.8 Å². The molecule has 1 rings (SSSR count). The van der Waals surface area contributed by atoms with E-state index in [1.807, 2.05) is 6.07 Å². The zero-order valence-corrected chi connectivity index (χ0v) is 13.3. The fourth-order valence-electron chi connectivity index (χ4n) is 1.79. The van der Waals surface area contributed by atoms with E-state index < -0.39 is 23.1 Å². The fraction of sp³-hybridized carbons (Fsp3) is 0.357. The minimum Gasteiger partial charge on any atom is -0.480 e. The molecule has 11 heteroatoms. The molecule has 11 nitrogen and oxygen atoms in total. The standard InChI is InChI=1S/C14H19N5O6/c15-13(18-19(23)24)16-8-4-7-11(12(20)21)17-14(22)25-9-10-5-2-1-3-6-10/h1-3,5-6,11H,4,7-9H2,(H,17,22)(H,20,21)(H3,15,16,18)/t11-/m0/s1. The summed E-state index contributed by atoms with van der Waals surface area (Å²) in [6, 6.07) is 7.77. The average Bonchev–Trinajstić information content (AvgIpc) is 2.55. The van der Waals surface area contributed by atoms with Gasteiger partial charge in [0.2, 0.25) is 0 Å². The summed E-state index contributed by atoms with van der Waals surface area (Å²) >= 11 is 0. The molecule has 0 fully saturated rings. The Labute approximate surface area is 143 Å². The van der Waals surface area contributed by atoms with Gasteiger partial charge in [-0.3, -0.25) is 0 Å². The molecule has 5 N–H and O–H groups in total. The minimum atomic E-state index is -1.22. The van der Waals surface area contributed by atoms with E-state index in [9.17, 15) is 19.7 Å². The Morgan fingerprint density at radius 3 is 2.64 bits per heavy atom. The van der Waals surface area contributed by atoms with Crippen molar-refractivity contribution in [2.24, 2.45) is 10.7 Å². The summed E-state index contributed by atoms with van der Waals surface area (Å²) in [5.74, 6) is -1.61. The molecule has 0 aliphatic rings. The highest BCUT2D eigenvalue weighted by molar-refractivity contribution is 5.79. The van der Waals surface area contributed by atoms with Crippen LogP contribution in [0.4, 0.5) is 4.79 Å². The first-order valence-corrected chi connectivity index (χ1v) is 7.29. The number of benzene rings is 1. The highest BCUT2D eigenvalue weighted by Gasteiger charge is 2.20. The van der Waals surface area contributed by atoms with E-state index in [-0.39, 0.29) is 32.0 Å². The van der Waals surface area contributed by atoms with Gasteiger partial charge in [0.15, 0.2) is 5.03 Å². The zero-order valence-electron chi connectivity index (χ0n) is 13.3. The summed E-state index contributed by atoms with van der Waals surface area (Å²) in [6.45, 7) is 0.0869. The van der Waals surface area contributed by atoms with Crippen LogP contribution >= 0.6 is 0 Å². The number of hydrogen-bond acceptors (Lipinski definition) is 6. The Kier molecular flexibility index (Phi) is 8.20. The molecule has 136 valence electrons. The second-order valence-electron chi connectivity index (χ2n) is 4.87. The number of amides is 1. The number of hydrazine groups is 1. The van der Waals surface area contributed by atoms with Crippen molar-refractivity contribution >= 4 is 18.0 Å². The number of nitrogens with zero attached hydrogens (tertiary/aromatic N) is 2. The minimum absolute atomic E-state index is 0.0202. The first-order valence-electron chi connectivity index (χ1n) is 7.29. The van der Waals surface area contributed by atoms with Crippen LogP contribution in [0.2, 0.25) is 0 Å². The third-order valence-corrected chi connectivity index (χ3v) is 2.94. The number of carboxylic acid groups (broad SMARTS) is 1. The first kappa shape index (κ1) is 19.7. The van der Waals surface area contributed by atoms with Crippen LogP contribution in [0.15, 0.2) is 35.3 Å². The molecule has 0 spiro atoms. The van der Waals surface area contributed by atoms with Crippen molar-refractivity contribution in [1.82, 2.24) is 10.7 Å². The van der Waals surface area contributed by atoms with Crippen LogP contribution in [0.25, 0.3) is 0 Å². The highest BCUT2D eigenvalue weighted by Crippen LogP contribution is 2.03. The van der Waals surface area contributed by atoms with Gasteiger partial charge in [0.25, 0.3) is 5.96 Å². The van der Waals surface area contributed by atoms with Crippen LogP contribution in [-0.4, -0.2) is 40.7 Å². The molecule has 0 unspecified atom stereocenters. The number of guanidine groups is 1. The van der Waals surface area contributed by atoms with Gasteiger partial charge < -0.3 is 20.9 Å².